The molecule has 0 radical (unpaired) electrons. The summed E-state index contributed by atoms with van der Waals surface area (Å²) in [6, 6.07) is 3.17. The summed E-state index contributed by atoms with van der Waals surface area (Å²) >= 11 is 5.66. The summed E-state index contributed by atoms with van der Waals surface area (Å²) < 4.78 is 36.1. The van der Waals surface area contributed by atoms with Crippen LogP contribution in [0.25, 0.3) is 0 Å². The minimum absolute atomic E-state index is 0.164. The van der Waals surface area contributed by atoms with Gasteiger partial charge < -0.3 is 0 Å². The first-order valence-electron chi connectivity index (χ1n) is 5.22. The van der Waals surface area contributed by atoms with Crippen LogP contribution in [0.4, 0.5) is 4.39 Å². The van der Waals surface area contributed by atoms with Crippen molar-refractivity contribution in [2.45, 2.75) is 24.6 Å². The molecule has 18 heavy (non-hydrogen) atoms. The monoisotopic (exact) mass is 294 g/mol. The minimum Gasteiger partial charge on any atom is -0.271 e. The third kappa shape index (κ3) is 2.83. The third-order valence-electron chi connectivity index (χ3n) is 3.09. The first kappa shape index (κ1) is 15.4. The maximum absolute atomic E-state index is 13.8. The van der Waals surface area contributed by atoms with Crippen molar-refractivity contribution in [3.05, 3.63) is 34.6 Å². The highest BCUT2D eigenvalue weighted by atomic mass is 35.5. The van der Waals surface area contributed by atoms with Crippen LogP contribution in [-0.2, 0) is 9.84 Å². The normalized spacial score (nSPS) is 14.6. The Morgan fingerprint density at radius 1 is 1.44 bits per heavy atom. The SMILES string of the molecule is CC(C)(C(NN)c1ccc(Cl)cc1F)S(C)(=O)=O. The van der Waals surface area contributed by atoms with Gasteiger partial charge in [-0.15, -0.1) is 0 Å². The molecule has 7 heteroatoms. The maximum Gasteiger partial charge on any atom is 0.154 e. The summed E-state index contributed by atoms with van der Waals surface area (Å²) in [4.78, 5) is 0. The van der Waals surface area contributed by atoms with Crippen LogP contribution < -0.4 is 11.3 Å². The Kier molecular flexibility index (Phi) is 4.38. The smallest absolute Gasteiger partial charge is 0.154 e. The van der Waals surface area contributed by atoms with Crippen molar-refractivity contribution in [2.24, 2.45) is 5.84 Å². The van der Waals surface area contributed by atoms with Gasteiger partial charge in [0.25, 0.3) is 0 Å². The van der Waals surface area contributed by atoms with Crippen LogP contribution in [0.3, 0.4) is 0 Å². The van der Waals surface area contributed by atoms with Crippen molar-refractivity contribution < 1.29 is 12.8 Å². The number of rotatable bonds is 4. The average Bonchev–Trinajstić information content (AvgIpc) is 2.20. The summed E-state index contributed by atoms with van der Waals surface area (Å²) in [6.45, 7) is 2.97. The fourth-order valence-electron chi connectivity index (χ4n) is 1.61. The molecule has 1 atom stereocenters. The summed E-state index contributed by atoms with van der Waals surface area (Å²) in [5, 5.41) is 0.240. The van der Waals surface area contributed by atoms with Gasteiger partial charge in [-0.2, -0.15) is 0 Å². The van der Waals surface area contributed by atoms with E-state index in [1.165, 1.54) is 26.0 Å². The molecule has 102 valence electrons. The van der Waals surface area contributed by atoms with Crippen molar-refractivity contribution in [1.82, 2.24) is 5.43 Å². The van der Waals surface area contributed by atoms with Crippen LogP contribution in [0.2, 0.25) is 5.02 Å². The largest absolute Gasteiger partial charge is 0.271 e. The Morgan fingerprint density at radius 3 is 2.39 bits per heavy atom. The molecule has 0 aliphatic carbocycles. The summed E-state index contributed by atoms with van der Waals surface area (Å²) in [7, 11) is -3.43. The number of hydrogen-bond donors (Lipinski definition) is 2. The van der Waals surface area contributed by atoms with E-state index in [4.69, 9.17) is 17.4 Å². The van der Waals surface area contributed by atoms with E-state index in [2.05, 4.69) is 5.43 Å². The zero-order chi connectivity index (χ0) is 14.1. The summed E-state index contributed by atoms with van der Waals surface area (Å²) in [5.74, 6) is 4.79. The third-order valence-corrected chi connectivity index (χ3v) is 5.47. The van der Waals surface area contributed by atoms with Crippen LogP contribution in [-0.4, -0.2) is 19.4 Å². The van der Waals surface area contributed by atoms with E-state index in [0.717, 1.165) is 12.3 Å². The van der Waals surface area contributed by atoms with Crippen molar-refractivity contribution in [3.8, 4) is 0 Å². The highest BCUT2D eigenvalue weighted by Crippen LogP contribution is 2.33. The molecule has 0 fully saturated rings. The van der Waals surface area contributed by atoms with Crippen molar-refractivity contribution in [1.29, 1.82) is 0 Å². The number of nitrogens with two attached hydrogens (primary N) is 1. The van der Waals surface area contributed by atoms with Crippen LogP contribution in [0.5, 0.6) is 0 Å². The second-order valence-electron chi connectivity index (χ2n) is 4.64. The van der Waals surface area contributed by atoms with Crippen LogP contribution in [0.15, 0.2) is 18.2 Å². The maximum atomic E-state index is 13.8. The van der Waals surface area contributed by atoms with E-state index in [-0.39, 0.29) is 10.6 Å². The highest BCUT2D eigenvalue weighted by Gasteiger charge is 2.40. The molecule has 0 aliphatic rings. The van der Waals surface area contributed by atoms with E-state index in [0.29, 0.717) is 0 Å². The van der Waals surface area contributed by atoms with Gasteiger partial charge in [0.05, 0.1) is 10.8 Å². The Labute approximate surface area is 111 Å². The molecular weight excluding hydrogens is 279 g/mol. The Hall–Kier alpha value is -0.690. The number of nitrogens with one attached hydrogen (secondary N) is 1. The summed E-state index contributed by atoms with van der Waals surface area (Å²) in [5.41, 5.74) is 2.53. The van der Waals surface area contributed by atoms with E-state index in [1.807, 2.05) is 0 Å². The molecular formula is C11H16ClFN2O2S. The lowest BCUT2D eigenvalue weighted by Crippen LogP contribution is -2.47. The zero-order valence-corrected chi connectivity index (χ0v) is 11.9. The number of hydrogen-bond acceptors (Lipinski definition) is 4. The van der Waals surface area contributed by atoms with Gasteiger partial charge in [-0.1, -0.05) is 17.7 Å². The highest BCUT2D eigenvalue weighted by molar-refractivity contribution is 7.92. The molecule has 0 saturated heterocycles. The second kappa shape index (κ2) is 5.13. The van der Waals surface area contributed by atoms with Gasteiger partial charge in [-0.05, 0) is 26.0 Å². The van der Waals surface area contributed by atoms with Crippen molar-refractivity contribution in [2.75, 3.05) is 6.26 Å². The number of benzene rings is 1. The van der Waals surface area contributed by atoms with Gasteiger partial charge in [0, 0.05) is 16.8 Å². The van der Waals surface area contributed by atoms with Crippen LogP contribution in [0, 0.1) is 5.82 Å². The lowest BCUT2D eigenvalue weighted by molar-refractivity contribution is 0.413. The van der Waals surface area contributed by atoms with E-state index < -0.39 is 26.4 Å². The van der Waals surface area contributed by atoms with E-state index >= 15 is 0 Å². The Morgan fingerprint density at radius 2 is 2.00 bits per heavy atom. The van der Waals surface area contributed by atoms with Gasteiger partial charge in [0.2, 0.25) is 0 Å². The lowest BCUT2D eigenvalue weighted by Gasteiger charge is -2.32. The quantitative estimate of drug-likeness (QED) is 0.656. The molecule has 0 spiro atoms. The van der Waals surface area contributed by atoms with Crippen molar-refractivity contribution in [3.63, 3.8) is 0 Å². The molecule has 0 bridgehead atoms. The molecule has 0 saturated carbocycles. The fourth-order valence-corrected chi connectivity index (χ4v) is 2.40. The predicted molar refractivity (Wildman–Crippen MR) is 70.4 cm³/mol. The van der Waals surface area contributed by atoms with Crippen LogP contribution in [0.1, 0.15) is 25.5 Å². The topological polar surface area (TPSA) is 72.2 Å². The molecule has 3 N–H and O–H groups in total. The zero-order valence-electron chi connectivity index (χ0n) is 10.4. The van der Waals surface area contributed by atoms with Gasteiger partial charge >= 0.3 is 0 Å². The first-order valence-corrected chi connectivity index (χ1v) is 7.49. The molecule has 0 amide bonds. The standard InChI is InChI=1S/C11H16ClFN2O2S/c1-11(2,18(3,16)17)10(15-14)8-5-4-7(12)6-9(8)13/h4-6,10,15H,14H2,1-3H3. The fraction of sp³-hybridized carbons (Fsp3) is 0.455. The number of hydrazine groups is 1. The Bertz CT molecular complexity index is 546. The summed E-state index contributed by atoms with van der Waals surface area (Å²) in [6.07, 6.45) is 1.09. The molecule has 1 unspecified atom stereocenters. The molecule has 0 aromatic heterocycles. The second-order valence-corrected chi connectivity index (χ2v) is 7.67. The lowest BCUT2D eigenvalue weighted by atomic mass is 9.95. The van der Waals surface area contributed by atoms with Crippen LogP contribution >= 0.6 is 11.6 Å². The van der Waals surface area contributed by atoms with Gasteiger partial charge in [-0.25, -0.2) is 12.8 Å². The molecule has 4 nitrogen and oxygen atoms in total. The molecule has 1 aromatic rings. The predicted octanol–water partition coefficient (Wildman–Crippen LogP) is 1.81. The van der Waals surface area contributed by atoms with Gasteiger partial charge in [0.15, 0.2) is 9.84 Å². The van der Waals surface area contributed by atoms with Crippen molar-refractivity contribution >= 4 is 21.4 Å². The average molecular weight is 295 g/mol. The number of sulfone groups is 1. The van der Waals surface area contributed by atoms with E-state index in [9.17, 15) is 12.8 Å². The minimum atomic E-state index is -3.43. The molecule has 0 heterocycles. The van der Waals surface area contributed by atoms with Gasteiger partial charge in [0.1, 0.15) is 5.82 Å². The molecule has 1 aromatic carbocycles. The number of halogens is 2. The molecule has 0 aliphatic heterocycles. The first-order chi connectivity index (χ1) is 8.11. The van der Waals surface area contributed by atoms with Gasteiger partial charge in [-0.3, -0.25) is 11.3 Å². The molecule has 1 rings (SSSR count). The van der Waals surface area contributed by atoms with E-state index in [1.54, 1.807) is 0 Å². The Balaban J connectivity index is 3.35.